The van der Waals surface area contributed by atoms with Gasteiger partial charge in [-0.15, -0.1) is 0 Å². The summed E-state index contributed by atoms with van der Waals surface area (Å²) in [4.78, 5) is 66.0. The fraction of sp³-hybridized carbons (Fsp3) is 0.565. The minimum atomic E-state index is -0.250. The van der Waals surface area contributed by atoms with Crippen molar-refractivity contribution in [1.29, 1.82) is 0 Å². The lowest BCUT2D eigenvalue weighted by Gasteiger charge is -2.24. The first-order chi connectivity index (χ1) is 16.5. The molecule has 0 aromatic heterocycles. The number of allylic oxidation sites excluding steroid dienone is 1. The van der Waals surface area contributed by atoms with Gasteiger partial charge in [0, 0.05) is 32.9 Å². The van der Waals surface area contributed by atoms with Crippen LogP contribution >= 0.6 is 0 Å². The van der Waals surface area contributed by atoms with Gasteiger partial charge in [-0.2, -0.15) is 0 Å². The maximum atomic E-state index is 11.3. The first kappa shape index (κ1) is 33.5. The van der Waals surface area contributed by atoms with Gasteiger partial charge in [-0.25, -0.2) is 0 Å². The van der Waals surface area contributed by atoms with E-state index in [0.29, 0.717) is 12.8 Å². The van der Waals surface area contributed by atoms with Gasteiger partial charge in [-0.3, -0.25) is 28.8 Å². The van der Waals surface area contributed by atoms with Crippen molar-refractivity contribution in [2.24, 2.45) is 0 Å². The standard InChI is InChI=1S/C10H16N2O2.C9H14N2O2.C3H6O2.CH2O2/c1-3-5-9(13)11-8(2)12-7-4-6-10(12)14;1-3-8(12)10-7(2)11-6-4-5-9(11)13;1-3(4)5-2;2-1-3/h3,5,8H,4,6-7H2,1-2H3,(H,11,13);3,7H,1,4-6H2,2H3,(H,10,12);1-2H3;1H,(H,2,3)/b5-3-;;;. The lowest BCUT2D eigenvalue weighted by Crippen LogP contribution is -2.46. The first-order valence-electron chi connectivity index (χ1n) is 11.1. The molecule has 0 saturated carbocycles. The fourth-order valence-electron chi connectivity index (χ4n) is 2.98. The van der Waals surface area contributed by atoms with E-state index in [2.05, 4.69) is 21.9 Å². The SMILES string of the molecule is C/C=C\C(=O)NC(C)N1CCCC1=O.C=CC(=O)NC(C)N1CCCC1=O.COC(C)=O.O=CO. The summed E-state index contributed by atoms with van der Waals surface area (Å²) in [5, 5.41) is 12.3. The van der Waals surface area contributed by atoms with Crippen LogP contribution in [0.15, 0.2) is 24.8 Å². The molecule has 2 fully saturated rings. The number of nitrogens with one attached hydrogen (secondary N) is 2. The molecule has 2 unspecified atom stereocenters. The fourth-order valence-corrected chi connectivity index (χ4v) is 2.98. The summed E-state index contributed by atoms with van der Waals surface area (Å²) in [5.41, 5.74) is 0. The monoisotopic (exact) mass is 498 g/mol. The van der Waals surface area contributed by atoms with Crippen LogP contribution in [0.5, 0.6) is 0 Å². The third-order valence-corrected chi connectivity index (χ3v) is 4.65. The van der Waals surface area contributed by atoms with Crippen molar-refractivity contribution in [3.05, 3.63) is 24.8 Å². The van der Waals surface area contributed by atoms with E-state index in [4.69, 9.17) is 9.90 Å². The van der Waals surface area contributed by atoms with Crippen molar-refractivity contribution in [3.8, 4) is 0 Å². The topological polar surface area (TPSA) is 162 Å². The summed E-state index contributed by atoms with van der Waals surface area (Å²) >= 11 is 0. The Kier molecular flexibility index (Phi) is 18.9. The van der Waals surface area contributed by atoms with Crippen LogP contribution in [-0.2, 0) is 33.5 Å². The number of methoxy groups -OCH3 is 1. The largest absolute Gasteiger partial charge is 0.483 e. The smallest absolute Gasteiger partial charge is 0.302 e. The molecule has 2 saturated heterocycles. The third-order valence-electron chi connectivity index (χ3n) is 4.65. The molecule has 4 amide bonds. The Bertz CT molecular complexity index is 754. The summed E-state index contributed by atoms with van der Waals surface area (Å²) in [6.45, 7) is 11.3. The van der Waals surface area contributed by atoms with Crippen molar-refractivity contribution < 1.29 is 38.6 Å². The van der Waals surface area contributed by atoms with Crippen LogP contribution in [0.3, 0.4) is 0 Å². The molecule has 2 aliphatic rings. The average Bonchev–Trinajstić information content (AvgIpc) is 3.43. The highest BCUT2D eigenvalue weighted by Gasteiger charge is 2.26. The highest BCUT2D eigenvalue weighted by Crippen LogP contribution is 2.12. The Hall–Kier alpha value is -3.70. The highest BCUT2D eigenvalue weighted by atomic mass is 16.5. The van der Waals surface area contributed by atoms with Crippen LogP contribution in [0.25, 0.3) is 0 Å². The van der Waals surface area contributed by atoms with E-state index in [0.717, 1.165) is 25.9 Å². The Morgan fingerprint density at radius 3 is 1.63 bits per heavy atom. The number of amides is 4. The number of likely N-dealkylation sites (tertiary alicyclic amines) is 2. The normalized spacial score (nSPS) is 15.8. The number of hydrogen-bond donors (Lipinski definition) is 3. The predicted octanol–water partition coefficient (Wildman–Crippen LogP) is 0.784. The zero-order valence-electron chi connectivity index (χ0n) is 21.1. The molecule has 35 heavy (non-hydrogen) atoms. The van der Waals surface area contributed by atoms with Crippen molar-refractivity contribution >= 4 is 36.1 Å². The second kappa shape index (κ2) is 19.7. The number of rotatable bonds is 6. The van der Waals surface area contributed by atoms with Crippen LogP contribution < -0.4 is 10.6 Å². The van der Waals surface area contributed by atoms with E-state index >= 15 is 0 Å². The second-order valence-electron chi connectivity index (χ2n) is 7.26. The first-order valence-corrected chi connectivity index (χ1v) is 11.1. The molecule has 12 heteroatoms. The molecule has 12 nitrogen and oxygen atoms in total. The van der Waals surface area contributed by atoms with Gasteiger partial charge in [-0.1, -0.05) is 12.7 Å². The molecule has 0 spiro atoms. The van der Waals surface area contributed by atoms with Gasteiger partial charge in [0.15, 0.2) is 0 Å². The molecule has 3 N–H and O–H groups in total. The van der Waals surface area contributed by atoms with Gasteiger partial charge in [0.2, 0.25) is 23.6 Å². The van der Waals surface area contributed by atoms with E-state index in [1.807, 2.05) is 6.92 Å². The number of hydrogen-bond acceptors (Lipinski definition) is 7. The lowest BCUT2D eigenvalue weighted by atomic mass is 10.4. The van der Waals surface area contributed by atoms with E-state index in [-0.39, 0.29) is 48.4 Å². The minimum absolute atomic E-state index is 0.108. The number of ether oxygens (including phenoxy) is 1. The van der Waals surface area contributed by atoms with Gasteiger partial charge in [-0.05, 0) is 45.8 Å². The van der Waals surface area contributed by atoms with Crippen molar-refractivity contribution in [2.75, 3.05) is 20.2 Å². The van der Waals surface area contributed by atoms with E-state index in [1.54, 1.807) is 29.7 Å². The summed E-state index contributed by atoms with van der Waals surface area (Å²) in [5.74, 6) is -0.410. The predicted molar refractivity (Wildman–Crippen MR) is 128 cm³/mol. The summed E-state index contributed by atoms with van der Waals surface area (Å²) in [7, 11) is 1.35. The van der Waals surface area contributed by atoms with Crippen LogP contribution in [0.4, 0.5) is 0 Å². The number of carboxylic acid groups (broad SMARTS) is 1. The molecule has 0 aliphatic carbocycles. The maximum absolute atomic E-state index is 11.3. The Labute approximate surface area is 206 Å². The third kappa shape index (κ3) is 15.7. The van der Waals surface area contributed by atoms with Crippen molar-refractivity contribution in [3.63, 3.8) is 0 Å². The maximum Gasteiger partial charge on any atom is 0.302 e. The van der Waals surface area contributed by atoms with Crippen molar-refractivity contribution in [2.45, 2.75) is 65.7 Å². The minimum Gasteiger partial charge on any atom is -0.483 e. The number of carbonyl (C=O) groups excluding carboxylic acids is 5. The summed E-state index contributed by atoms with van der Waals surface area (Å²) < 4.78 is 4.11. The molecule has 2 heterocycles. The molecule has 0 aromatic rings. The van der Waals surface area contributed by atoms with Gasteiger partial charge in [0.25, 0.3) is 6.47 Å². The molecule has 0 radical (unpaired) electrons. The van der Waals surface area contributed by atoms with Gasteiger partial charge < -0.3 is 30.3 Å². The Morgan fingerprint density at radius 2 is 1.37 bits per heavy atom. The van der Waals surface area contributed by atoms with E-state index < -0.39 is 0 Å². The molecule has 2 rings (SSSR count). The Balaban J connectivity index is 0. The van der Waals surface area contributed by atoms with Crippen LogP contribution in [0.2, 0.25) is 0 Å². The summed E-state index contributed by atoms with van der Waals surface area (Å²) in [6.07, 6.45) is 6.88. The van der Waals surface area contributed by atoms with Crippen molar-refractivity contribution in [1.82, 2.24) is 20.4 Å². The van der Waals surface area contributed by atoms with Gasteiger partial charge >= 0.3 is 5.97 Å². The van der Waals surface area contributed by atoms with Gasteiger partial charge in [0.1, 0.15) is 12.3 Å². The van der Waals surface area contributed by atoms with Gasteiger partial charge in [0.05, 0.1) is 7.11 Å². The lowest BCUT2D eigenvalue weighted by molar-refractivity contribution is -0.138. The zero-order valence-corrected chi connectivity index (χ0v) is 21.1. The Morgan fingerprint density at radius 1 is 1.00 bits per heavy atom. The highest BCUT2D eigenvalue weighted by molar-refractivity contribution is 5.88. The number of esters is 1. The molecular formula is C23H38N4O8. The molecule has 2 aliphatic heterocycles. The number of nitrogens with zero attached hydrogens (tertiary/aromatic N) is 2. The zero-order chi connectivity index (χ0) is 27.4. The van der Waals surface area contributed by atoms with Crippen LogP contribution in [-0.4, -0.2) is 83.5 Å². The summed E-state index contributed by atoms with van der Waals surface area (Å²) in [6, 6.07) is 0. The van der Waals surface area contributed by atoms with E-state index in [1.165, 1.54) is 26.2 Å². The van der Waals surface area contributed by atoms with E-state index in [9.17, 15) is 24.0 Å². The molecule has 2 atom stereocenters. The molecule has 198 valence electrons. The number of carbonyl (C=O) groups is 6. The second-order valence-corrected chi connectivity index (χ2v) is 7.26. The van der Waals surface area contributed by atoms with Crippen LogP contribution in [0.1, 0.15) is 53.4 Å². The molecular weight excluding hydrogens is 460 g/mol. The molecule has 0 bridgehead atoms. The van der Waals surface area contributed by atoms with Crippen LogP contribution in [0, 0.1) is 0 Å². The average molecular weight is 499 g/mol. The quantitative estimate of drug-likeness (QED) is 0.275. The molecule has 0 aromatic carbocycles.